The van der Waals surface area contributed by atoms with Gasteiger partial charge in [0.05, 0.1) is 0 Å². The minimum absolute atomic E-state index is 0.223. The smallest absolute Gasteiger partial charge is 0.164 e. The zero-order valence-electron chi connectivity index (χ0n) is 15.3. The Labute approximate surface area is 165 Å². The second-order valence-electron chi connectivity index (χ2n) is 7.04. The second kappa shape index (κ2) is 8.12. The van der Waals surface area contributed by atoms with Crippen LogP contribution in [0.25, 0.3) is 10.8 Å². The van der Waals surface area contributed by atoms with Crippen LogP contribution in [0.1, 0.15) is 16.8 Å². The third-order valence-corrected chi connectivity index (χ3v) is 5.54. The summed E-state index contributed by atoms with van der Waals surface area (Å²) in [6.07, 6.45) is 0.569. The maximum absolute atomic E-state index is 12.6. The van der Waals surface area contributed by atoms with Crippen molar-refractivity contribution in [1.29, 1.82) is 0 Å². The lowest BCUT2D eigenvalue weighted by Gasteiger charge is -2.36. The highest BCUT2D eigenvalue weighted by atomic mass is 35.5. The molecule has 0 amide bonds. The number of hydrogen-bond acceptors (Lipinski definition) is 3. The second-order valence-corrected chi connectivity index (χ2v) is 7.48. The number of anilines is 1. The number of rotatable bonds is 5. The Bertz CT molecular complexity index is 931. The molecule has 0 spiro atoms. The molecule has 27 heavy (non-hydrogen) atoms. The molecule has 0 bridgehead atoms. The predicted molar refractivity (Wildman–Crippen MR) is 113 cm³/mol. The largest absolute Gasteiger partial charge is 0.369 e. The summed E-state index contributed by atoms with van der Waals surface area (Å²) >= 11 is 5.97. The quantitative estimate of drug-likeness (QED) is 0.590. The van der Waals surface area contributed by atoms with Crippen molar-refractivity contribution in [2.45, 2.75) is 6.42 Å². The molecule has 0 atom stereocenters. The lowest BCUT2D eigenvalue weighted by atomic mass is 10.0. The molecular formula is C23H23ClN2O. The highest BCUT2D eigenvalue weighted by Gasteiger charge is 2.18. The number of carbonyl (C=O) groups excluding carboxylic acids is 1. The van der Waals surface area contributed by atoms with Gasteiger partial charge in [-0.25, -0.2) is 0 Å². The lowest BCUT2D eigenvalue weighted by molar-refractivity contribution is 0.0962. The molecule has 0 saturated carbocycles. The van der Waals surface area contributed by atoms with E-state index in [0.717, 1.165) is 48.7 Å². The van der Waals surface area contributed by atoms with E-state index in [1.807, 2.05) is 42.5 Å². The van der Waals surface area contributed by atoms with Crippen LogP contribution in [-0.2, 0) is 0 Å². The van der Waals surface area contributed by atoms with E-state index in [1.165, 1.54) is 11.1 Å². The van der Waals surface area contributed by atoms with E-state index in [4.69, 9.17) is 11.6 Å². The molecule has 3 aromatic rings. The molecule has 1 fully saturated rings. The van der Waals surface area contributed by atoms with E-state index in [2.05, 4.69) is 34.1 Å². The number of Topliss-reactive ketones (excluding diaryl/α,β-unsaturated/α-hetero) is 1. The van der Waals surface area contributed by atoms with Crippen molar-refractivity contribution >= 4 is 33.8 Å². The van der Waals surface area contributed by atoms with Crippen LogP contribution in [0.15, 0.2) is 66.7 Å². The number of halogens is 1. The fraction of sp³-hybridized carbons (Fsp3) is 0.261. The number of hydrogen-bond donors (Lipinski definition) is 0. The molecule has 0 radical (unpaired) electrons. The zero-order valence-corrected chi connectivity index (χ0v) is 16.0. The van der Waals surface area contributed by atoms with Gasteiger partial charge in [0, 0.05) is 55.4 Å². The first-order chi connectivity index (χ1) is 13.2. The van der Waals surface area contributed by atoms with E-state index in [9.17, 15) is 4.79 Å². The number of nitrogens with zero attached hydrogens (tertiary/aromatic N) is 2. The molecule has 3 nitrogen and oxygen atoms in total. The molecule has 4 heteroatoms. The van der Waals surface area contributed by atoms with Crippen molar-refractivity contribution in [3.05, 3.63) is 77.3 Å². The minimum atomic E-state index is 0.223. The van der Waals surface area contributed by atoms with Crippen molar-refractivity contribution in [2.75, 3.05) is 37.6 Å². The molecule has 4 rings (SSSR count). The van der Waals surface area contributed by atoms with Crippen LogP contribution in [0, 0.1) is 0 Å². The average molecular weight is 379 g/mol. The summed E-state index contributed by atoms with van der Waals surface area (Å²) in [5.74, 6) is 0.223. The van der Waals surface area contributed by atoms with Gasteiger partial charge in [-0.3, -0.25) is 9.69 Å². The van der Waals surface area contributed by atoms with Crippen molar-refractivity contribution in [3.8, 4) is 0 Å². The Hall–Kier alpha value is -2.36. The highest BCUT2D eigenvalue weighted by molar-refractivity contribution is 6.30. The molecule has 138 valence electrons. The van der Waals surface area contributed by atoms with E-state index in [1.54, 1.807) is 0 Å². The van der Waals surface area contributed by atoms with Crippen LogP contribution in [0.2, 0.25) is 5.02 Å². The molecule has 1 heterocycles. The van der Waals surface area contributed by atoms with Gasteiger partial charge in [0.1, 0.15) is 0 Å². The number of piperazine rings is 1. The molecule has 0 unspecified atom stereocenters. The van der Waals surface area contributed by atoms with Crippen molar-refractivity contribution in [2.24, 2.45) is 0 Å². The molecular weight excluding hydrogens is 356 g/mol. The molecule has 3 aromatic carbocycles. The fourth-order valence-electron chi connectivity index (χ4n) is 3.65. The van der Waals surface area contributed by atoms with Crippen molar-refractivity contribution in [3.63, 3.8) is 0 Å². The van der Waals surface area contributed by atoms with Gasteiger partial charge in [-0.2, -0.15) is 0 Å². The molecule has 0 N–H and O–H groups in total. The minimum Gasteiger partial charge on any atom is -0.369 e. The topological polar surface area (TPSA) is 23.6 Å². The molecule has 0 aromatic heterocycles. The summed E-state index contributed by atoms with van der Waals surface area (Å²) in [6.45, 7) is 4.74. The first kappa shape index (κ1) is 18.0. The van der Waals surface area contributed by atoms with Crippen LogP contribution >= 0.6 is 11.6 Å². The first-order valence-corrected chi connectivity index (χ1v) is 9.82. The van der Waals surface area contributed by atoms with Crippen LogP contribution in [0.3, 0.4) is 0 Å². The van der Waals surface area contributed by atoms with Gasteiger partial charge in [-0.05, 0) is 41.1 Å². The third-order valence-electron chi connectivity index (χ3n) is 5.29. The summed E-state index contributed by atoms with van der Waals surface area (Å²) in [4.78, 5) is 17.4. The van der Waals surface area contributed by atoms with E-state index in [0.29, 0.717) is 6.42 Å². The summed E-state index contributed by atoms with van der Waals surface area (Å²) in [5, 5.41) is 3.07. The van der Waals surface area contributed by atoms with Gasteiger partial charge < -0.3 is 4.90 Å². The van der Waals surface area contributed by atoms with E-state index in [-0.39, 0.29) is 5.78 Å². The normalized spacial score (nSPS) is 15.2. The molecule has 1 aliphatic heterocycles. The van der Waals surface area contributed by atoms with Gasteiger partial charge in [0.2, 0.25) is 0 Å². The van der Waals surface area contributed by atoms with Gasteiger partial charge >= 0.3 is 0 Å². The van der Waals surface area contributed by atoms with Gasteiger partial charge in [0.15, 0.2) is 5.78 Å². The molecule has 1 aliphatic rings. The Kier molecular flexibility index (Phi) is 5.42. The van der Waals surface area contributed by atoms with Gasteiger partial charge in [0.25, 0.3) is 0 Å². The summed E-state index contributed by atoms with van der Waals surface area (Å²) in [7, 11) is 0. The van der Waals surface area contributed by atoms with Crippen LogP contribution < -0.4 is 4.90 Å². The fourth-order valence-corrected chi connectivity index (χ4v) is 3.77. The predicted octanol–water partition coefficient (Wildman–Crippen LogP) is 4.89. The Morgan fingerprint density at radius 3 is 2.30 bits per heavy atom. The van der Waals surface area contributed by atoms with Crippen LogP contribution in [0.4, 0.5) is 5.69 Å². The average Bonchev–Trinajstić information content (AvgIpc) is 2.72. The molecule has 0 aliphatic carbocycles. The number of fused-ring (bicyclic) bond motifs is 1. The van der Waals surface area contributed by atoms with E-state index < -0.39 is 0 Å². The summed E-state index contributed by atoms with van der Waals surface area (Å²) in [5.41, 5.74) is 2.03. The Balaban J connectivity index is 1.30. The van der Waals surface area contributed by atoms with Crippen molar-refractivity contribution in [1.82, 2.24) is 4.90 Å². The van der Waals surface area contributed by atoms with Crippen molar-refractivity contribution < 1.29 is 4.79 Å². The molecule has 1 saturated heterocycles. The first-order valence-electron chi connectivity index (χ1n) is 9.44. The van der Waals surface area contributed by atoms with Gasteiger partial charge in [-0.1, -0.05) is 48.0 Å². The summed E-state index contributed by atoms with van der Waals surface area (Å²) < 4.78 is 0. The Morgan fingerprint density at radius 1 is 0.852 bits per heavy atom. The SMILES string of the molecule is O=C(CCN1CCN(c2ccc(Cl)cc2)CC1)c1ccc2ccccc2c1. The Morgan fingerprint density at radius 2 is 1.56 bits per heavy atom. The monoisotopic (exact) mass is 378 g/mol. The summed E-state index contributed by atoms with van der Waals surface area (Å²) in [6, 6.07) is 22.2. The van der Waals surface area contributed by atoms with Crippen LogP contribution in [0.5, 0.6) is 0 Å². The number of ketones is 1. The number of benzene rings is 3. The maximum Gasteiger partial charge on any atom is 0.164 e. The maximum atomic E-state index is 12.6. The lowest BCUT2D eigenvalue weighted by Crippen LogP contribution is -2.46. The third kappa shape index (κ3) is 4.32. The van der Waals surface area contributed by atoms with Gasteiger partial charge in [-0.15, -0.1) is 0 Å². The number of carbonyl (C=O) groups is 1. The zero-order chi connectivity index (χ0) is 18.6. The van der Waals surface area contributed by atoms with E-state index >= 15 is 0 Å². The van der Waals surface area contributed by atoms with Crippen LogP contribution in [-0.4, -0.2) is 43.4 Å². The standard InChI is InChI=1S/C23H23ClN2O/c24-21-7-9-22(10-8-21)26-15-13-25(14-16-26)12-11-23(27)20-6-5-18-3-1-2-4-19(18)17-20/h1-10,17H,11-16H2. The highest BCUT2D eigenvalue weighted by Crippen LogP contribution is 2.20.